The highest BCUT2D eigenvalue weighted by molar-refractivity contribution is 5.98. The minimum Gasteiger partial charge on any atom is -0.493 e. The van der Waals surface area contributed by atoms with Crippen molar-refractivity contribution in [2.45, 2.75) is 6.92 Å². The average molecular weight is 374 g/mol. The molecule has 2 amide bonds. The van der Waals surface area contributed by atoms with Crippen LogP contribution < -0.4 is 14.8 Å². The van der Waals surface area contributed by atoms with Crippen molar-refractivity contribution in [3.8, 4) is 11.5 Å². The highest BCUT2D eigenvalue weighted by atomic mass is 19.1. The number of rotatable bonds is 9. The number of nitrogens with one attached hydrogen (secondary N) is 1. The number of hydrogen-bond donors (Lipinski definition) is 1. The first-order chi connectivity index (χ1) is 13.0. The Morgan fingerprint density at radius 1 is 1.07 bits per heavy atom. The van der Waals surface area contributed by atoms with Crippen LogP contribution in [0.5, 0.6) is 11.5 Å². The Hall–Kier alpha value is -3.09. The van der Waals surface area contributed by atoms with Crippen LogP contribution in [-0.2, 0) is 4.79 Å². The molecule has 7 heteroatoms. The van der Waals surface area contributed by atoms with Crippen LogP contribution in [0.3, 0.4) is 0 Å². The van der Waals surface area contributed by atoms with E-state index in [2.05, 4.69) is 5.32 Å². The van der Waals surface area contributed by atoms with Gasteiger partial charge in [0.25, 0.3) is 5.91 Å². The van der Waals surface area contributed by atoms with Gasteiger partial charge in [-0.05, 0) is 43.3 Å². The number of carbonyl (C=O) groups excluding carboxylic acids is 2. The Kier molecular flexibility index (Phi) is 7.61. The summed E-state index contributed by atoms with van der Waals surface area (Å²) in [6, 6.07) is 12.5. The fraction of sp³-hybridized carbons (Fsp3) is 0.300. The molecule has 2 rings (SSSR count). The molecule has 1 N–H and O–H groups in total. The molecule has 27 heavy (non-hydrogen) atoms. The summed E-state index contributed by atoms with van der Waals surface area (Å²) >= 11 is 0. The molecule has 2 aromatic carbocycles. The zero-order valence-electron chi connectivity index (χ0n) is 15.4. The van der Waals surface area contributed by atoms with Crippen LogP contribution in [0.4, 0.5) is 4.39 Å². The second kappa shape index (κ2) is 10.2. The van der Waals surface area contributed by atoms with E-state index in [9.17, 15) is 14.0 Å². The Morgan fingerprint density at radius 2 is 1.78 bits per heavy atom. The summed E-state index contributed by atoms with van der Waals surface area (Å²) in [6.45, 7) is 2.74. The van der Waals surface area contributed by atoms with E-state index >= 15 is 0 Å². The van der Waals surface area contributed by atoms with Crippen LogP contribution in [0.25, 0.3) is 0 Å². The fourth-order valence-corrected chi connectivity index (χ4v) is 2.28. The molecule has 6 nitrogen and oxygen atoms in total. The summed E-state index contributed by atoms with van der Waals surface area (Å²) in [7, 11) is 1.62. The highest BCUT2D eigenvalue weighted by Crippen LogP contribution is 2.17. The van der Waals surface area contributed by atoms with Crippen molar-refractivity contribution in [1.29, 1.82) is 0 Å². The molecule has 0 atom stereocenters. The smallest absolute Gasteiger partial charge is 0.255 e. The van der Waals surface area contributed by atoms with Crippen LogP contribution in [0.2, 0.25) is 0 Å². The number of hydrogen-bond acceptors (Lipinski definition) is 4. The molecule has 144 valence electrons. The van der Waals surface area contributed by atoms with Crippen molar-refractivity contribution in [1.82, 2.24) is 10.2 Å². The minimum atomic E-state index is -0.372. The van der Waals surface area contributed by atoms with Crippen LogP contribution in [0.15, 0.2) is 48.5 Å². The average Bonchev–Trinajstić information content (AvgIpc) is 2.68. The third-order valence-corrected chi connectivity index (χ3v) is 3.77. The largest absolute Gasteiger partial charge is 0.493 e. The topological polar surface area (TPSA) is 67.9 Å². The Morgan fingerprint density at radius 3 is 2.48 bits per heavy atom. The standard InChI is InChI=1S/C20H23FN2O4/c1-3-26-18-7-5-4-6-17(18)20(25)22-14-19(24)23(2)12-13-27-16-10-8-15(21)9-11-16/h4-11H,3,12-14H2,1-2H3,(H,22,25). The van der Waals surface area contributed by atoms with Gasteiger partial charge in [0.1, 0.15) is 23.9 Å². The number of amides is 2. The minimum absolute atomic E-state index is 0.133. The monoisotopic (exact) mass is 374 g/mol. The normalized spacial score (nSPS) is 10.2. The zero-order valence-corrected chi connectivity index (χ0v) is 15.4. The van der Waals surface area contributed by atoms with Crippen molar-refractivity contribution in [3.63, 3.8) is 0 Å². The first-order valence-corrected chi connectivity index (χ1v) is 8.63. The lowest BCUT2D eigenvalue weighted by Crippen LogP contribution is -2.39. The molecule has 0 aliphatic heterocycles. The van der Waals surface area contributed by atoms with Gasteiger partial charge in [0, 0.05) is 7.05 Å². The van der Waals surface area contributed by atoms with E-state index in [4.69, 9.17) is 9.47 Å². The fourth-order valence-electron chi connectivity index (χ4n) is 2.28. The number of benzene rings is 2. The number of ether oxygens (including phenoxy) is 2. The molecule has 2 aromatic rings. The third-order valence-electron chi connectivity index (χ3n) is 3.77. The summed E-state index contributed by atoms with van der Waals surface area (Å²) in [5, 5.41) is 2.60. The summed E-state index contributed by atoms with van der Waals surface area (Å²) in [6.07, 6.45) is 0. The lowest BCUT2D eigenvalue weighted by molar-refractivity contribution is -0.129. The number of nitrogens with zero attached hydrogens (tertiary/aromatic N) is 1. The maximum Gasteiger partial charge on any atom is 0.255 e. The maximum atomic E-state index is 12.8. The molecule has 0 saturated heterocycles. The molecule has 0 fully saturated rings. The predicted octanol–water partition coefficient (Wildman–Crippen LogP) is 2.49. The Bertz CT molecular complexity index is 765. The van der Waals surface area contributed by atoms with Crippen LogP contribution in [0.1, 0.15) is 17.3 Å². The molecule has 0 unspecified atom stereocenters. The SMILES string of the molecule is CCOc1ccccc1C(=O)NCC(=O)N(C)CCOc1ccc(F)cc1. The summed E-state index contributed by atoms with van der Waals surface area (Å²) in [5.74, 6) is 0.0451. The summed E-state index contributed by atoms with van der Waals surface area (Å²) < 4.78 is 23.7. The van der Waals surface area contributed by atoms with Crippen molar-refractivity contribution >= 4 is 11.8 Å². The van der Waals surface area contributed by atoms with E-state index in [1.807, 2.05) is 6.92 Å². The first kappa shape index (κ1) is 20.2. The van der Waals surface area contributed by atoms with Gasteiger partial charge < -0.3 is 19.7 Å². The quantitative estimate of drug-likeness (QED) is 0.732. The second-order valence-electron chi connectivity index (χ2n) is 5.73. The van der Waals surface area contributed by atoms with Crippen LogP contribution >= 0.6 is 0 Å². The molecule has 0 aliphatic carbocycles. The highest BCUT2D eigenvalue weighted by Gasteiger charge is 2.15. The lowest BCUT2D eigenvalue weighted by Gasteiger charge is -2.18. The van der Waals surface area contributed by atoms with E-state index in [0.29, 0.717) is 30.2 Å². The molecule has 0 spiro atoms. The molecule has 0 heterocycles. The van der Waals surface area contributed by atoms with Gasteiger partial charge >= 0.3 is 0 Å². The molecular weight excluding hydrogens is 351 g/mol. The van der Waals surface area contributed by atoms with E-state index in [-0.39, 0.29) is 30.8 Å². The van der Waals surface area contributed by atoms with Gasteiger partial charge in [-0.15, -0.1) is 0 Å². The van der Waals surface area contributed by atoms with Crippen molar-refractivity contribution in [2.75, 3.05) is 33.4 Å². The number of carbonyl (C=O) groups is 2. The van der Waals surface area contributed by atoms with Gasteiger partial charge in [-0.3, -0.25) is 9.59 Å². The van der Waals surface area contributed by atoms with E-state index < -0.39 is 0 Å². The first-order valence-electron chi connectivity index (χ1n) is 8.63. The molecular formula is C20H23FN2O4. The molecule has 0 radical (unpaired) electrons. The van der Waals surface area contributed by atoms with Gasteiger partial charge in [0.2, 0.25) is 5.91 Å². The van der Waals surface area contributed by atoms with Gasteiger partial charge in [-0.1, -0.05) is 12.1 Å². The summed E-state index contributed by atoms with van der Waals surface area (Å²) in [4.78, 5) is 25.9. The number of likely N-dealkylation sites (N-methyl/N-ethyl adjacent to an activating group) is 1. The summed E-state index contributed by atoms with van der Waals surface area (Å²) in [5.41, 5.74) is 0.384. The predicted molar refractivity (Wildman–Crippen MR) is 99.5 cm³/mol. The number of para-hydroxylation sites is 1. The van der Waals surface area contributed by atoms with Gasteiger partial charge in [0.05, 0.1) is 25.3 Å². The second-order valence-corrected chi connectivity index (χ2v) is 5.73. The Balaban J connectivity index is 1.77. The van der Waals surface area contributed by atoms with Crippen molar-refractivity contribution < 1.29 is 23.5 Å². The molecule has 0 aromatic heterocycles. The van der Waals surface area contributed by atoms with Gasteiger partial charge in [-0.25, -0.2) is 4.39 Å². The van der Waals surface area contributed by atoms with E-state index in [0.717, 1.165) is 0 Å². The van der Waals surface area contributed by atoms with E-state index in [1.54, 1.807) is 31.3 Å². The van der Waals surface area contributed by atoms with E-state index in [1.165, 1.54) is 29.2 Å². The third kappa shape index (κ3) is 6.29. The van der Waals surface area contributed by atoms with Crippen molar-refractivity contribution in [2.24, 2.45) is 0 Å². The van der Waals surface area contributed by atoms with Crippen LogP contribution in [0, 0.1) is 5.82 Å². The van der Waals surface area contributed by atoms with Gasteiger partial charge in [-0.2, -0.15) is 0 Å². The van der Waals surface area contributed by atoms with Gasteiger partial charge in [0.15, 0.2) is 0 Å². The zero-order chi connectivity index (χ0) is 19.6. The lowest BCUT2D eigenvalue weighted by atomic mass is 10.2. The molecule has 0 saturated carbocycles. The maximum absolute atomic E-state index is 12.8. The Labute approximate surface area is 157 Å². The molecule has 0 bridgehead atoms. The van der Waals surface area contributed by atoms with Crippen LogP contribution in [-0.4, -0.2) is 50.1 Å². The molecule has 0 aliphatic rings. The number of halogens is 1. The van der Waals surface area contributed by atoms with Crippen molar-refractivity contribution in [3.05, 3.63) is 59.9 Å².